The molecule has 0 amide bonds. The first-order valence-corrected chi connectivity index (χ1v) is 32.2. The summed E-state index contributed by atoms with van der Waals surface area (Å²) in [4.78, 5) is 0. The molecule has 0 saturated carbocycles. The zero-order valence-corrected chi connectivity index (χ0v) is 47.0. The van der Waals surface area contributed by atoms with Crippen molar-refractivity contribution in [3.8, 4) is 0 Å². The summed E-state index contributed by atoms with van der Waals surface area (Å²) in [7, 11) is 3.16. The van der Waals surface area contributed by atoms with Crippen LogP contribution >= 0.6 is 31.3 Å². The number of hydrogen-bond acceptors (Lipinski definition) is 7. The quantitative estimate of drug-likeness (QED) is 0.0316. The third-order valence-corrected chi connectivity index (χ3v) is 17.6. The highest BCUT2D eigenvalue weighted by Crippen LogP contribution is 2.44. The molecule has 65 heavy (non-hydrogen) atoms. The van der Waals surface area contributed by atoms with Crippen molar-refractivity contribution in [1.29, 1.82) is 0 Å². The van der Waals surface area contributed by atoms with Crippen LogP contribution in [0.2, 0.25) is 0 Å². The number of likely N-dealkylation sites (N-methyl/N-ethyl adjacent to an activating group) is 1. The van der Waals surface area contributed by atoms with Crippen molar-refractivity contribution in [2.75, 3.05) is 72.2 Å². The van der Waals surface area contributed by atoms with Crippen molar-refractivity contribution in [3.05, 3.63) is 0 Å². The van der Waals surface area contributed by atoms with E-state index in [0.717, 1.165) is 60.1 Å². The molecule has 0 bridgehead atoms. The second kappa shape index (κ2) is 51.1. The molecule has 0 aliphatic carbocycles. The fourth-order valence-electron chi connectivity index (χ4n) is 8.65. The molecule has 3 unspecified atom stereocenters. The van der Waals surface area contributed by atoms with Crippen molar-refractivity contribution in [2.45, 2.75) is 281 Å². The maximum Gasteiger partial charge on any atom is 0.405 e. The Labute approximate surface area is 416 Å². The number of aliphatic hydroxyl groups excluding tert-OH is 2. The number of nitrogens with one attached hydrogen (secondary N) is 1. The number of rotatable bonds is 56. The standard InChI is InChI=1S/C55H116N2O5PS2/c1-6-8-10-12-15-23-33-43-55(65-53-41-31-21-27-37-49-59)45-35-25-17-19-29-39-51-62-63(60,56-46-47-57(3,4)5)61-50-38-28-18-14-16-24-34-44-54(42-32-22-13-11-9-7-2)64-52-40-30-20-26-36-48-58/h54-55,58-59H,6-53H2,1-5H3,(H,56,60)/q+1. The van der Waals surface area contributed by atoms with E-state index in [2.05, 4.69) is 63.6 Å². The molecular weight excluding hydrogens is 864 g/mol. The normalized spacial score (nSPS) is 14.0. The maximum absolute atomic E-state index is 13.8. The van der Waals surface area contributed by atoms with E-state index in [1.165, 1.54) is 230 Å². The van der Waals surface area contributed by atoms with Gasteiger partial charge in [0.15, 0.2) is 0 Å². The minimum atomic E-state index is -3.32. The lowest BCUT2D eigenvalue weighted by Gasteiger charge is -2.25. The fourth-order valence-corrected chi connectivity index (χ4v) is 12.8. The van der Waals surface area contributed by atoms with E-state index in [0.29, 0.717) is 33.0 Å². The van der Waals surface area contributed by atoms with E-state index in [1.807, 2.05) is 0 Å². The van der Waals surface area contributed by atoms with Crippen LogP contribution in [-0.4, -0.2) is 97.4 Å². The van der Waals surface area contributed by atoms with Gasteiger partial charge in [0, 0.05) is 23.7 Å². The Morgan fingerprint density at radius 3 is 1.05 bits per heavy atom. The van der Waals surface area contributed by atoms with Crippen LogP contribution < -0.4 is 5.09 Å². The van der Waals surface area contributed by atoms with Crippen LogP contribution in [0.3, 0.4) is 0 Å². The van der Waals surface area contributed by atoms with Gasteiger partial charge in [-0.3, -0.25) is 9.05 Å². The molecule has 10 heteroatoms. The summed E-state index contributed by atoms with van der Waals surface area (Å²) in [5, 5.41) is 22.9. The average molecular weight is 981 g/mol. The molecule has 0 aromatic carbocycles. The Hall–Kier alpha value is 0.690. The van der Waals surface area contributed by atoms with Gasteiger partial charge in [0.1, 0.15) is 0 Å². The molecular formula is C55H116N2O5PS2+. The van der Waals surface area contributed by atoms with Crippen molar-refractivity contribution in [1.82, 2.24) is 5.09 Å². The first-order chi connectivity index (χ1) is 31.7. The largest absolute Gasteiger partial charge is 0.405 e. The number of hydrogen-bond donors (Lipinski definition) is 3. The molecule has 0 radical (unpaired) electrons. The van der Waals surface area contributed by atoms with Gasteiger partial charge in [0.25, 0.3) is 0 Å². The van der Waals surface area contributed by atoms with Crippen LogP contribution in [0.15, 0.2) is 0 Å². The topological polar surface area (TPSA) is 88.0 Å². The van der Waals surface area contributed by atoms with Gasteiger partial charge in [-0.05, 0) is 75.7 Å². The summed E-state index contributed by atoms with van der Waals surface area (Å²) in [5.41, 5.74) is 0. The fraction of sp³-hybridized carbons (Fsp3) is 1.00. The SMILES string of the molecule is CCCCCCCCCC(CCCCCCCCOP(=O)(NCC[N+](C)(C)C)OCCCCCCCCCC(CCCCCCCC)SCCCCCCCO)SCCCCCCCO. The van der Waals surface area contributed by atoms with Crippen LogP contribution in [-0.2, 0) is 13.6 Å². The summed E-state index contributed by atoms with van der Waals surface area (Å²) in [6.45, 7) is 7.76. The molecule has 0 aliphatic rings. The molecule has 3 N–H and O–H groups in total. The van der Waals surface area contributed by atoms with Gasteiger partial charge in [0.05, 0.1) is 47.4 Å². The van der Waals surface area contributed by atoms with E-state index in [-0.39, 0.29) is 0 Å². The number of quaternary nitrogens is 1. The van der Waals surface area contributed by atoms with E-state index < -0.39 is 7.75 Å². The second-order valence-corrected chi connectivity index (χ2v) is 25.3. The predicted octanol–water partition coefficient (Wildman–Crippen LogP) is 17.3. The van der Waals surface area contributed by atoms with Gasteiger partial charge in [-0.25, -0.2) is 9.65 Å². The molecule has 7 nitrogen and oxygen atoms in total. The molecule has 0 aromatic heterocycles. The van der Waals surface area contributed by atoms with Crippen LogP contribution in [0.5, 0.6) is 0 Å². The number of nitrogens with zero attached hydrogens (tertiary/aromatic N) is 1. The van der Waals surface area contributed by atoms with Crippen LogP contribution in [0.1, 0.15) is 271 Å². The average Bonchev–Trinajstić information content (AvgIpc) is 3.28. The summed E-state index contributed by atoms with van der Waals surface area (Å²) in [5.74, 6) is 2.60. The van der Waals surface area contributed by atoms with Gasteiger partial charge >= 0.3 is 7.75 Å². The van der Waals surface area contributed by atoms with Crippen molar-refractivity contribution >= 4 is 31.3 Å². The predicted molar refractivity (Wildman–Crippen MR) is 293 cm³/mol. The lowest BCUT2D eigenvalue weighted by atomic mass is 10.0. The highest BCUT2D eigenvalue weighted by atomic mass is 32.2. The Morgan fingerprint density at radius 2 is 0.723 bits per heavy atom. The Kier molecular flexibility index (Phi) is 51.6. The summed E-state index contributed by atoms with van der Waals surface area (Å²) < 4.78 is 26.7. The molecule has 392 valence electrons. The van der Waals surface area contributed by atoms with E-state index >= 15 is 0 Å². The third-order valence-electron chi connectivity index (χ3n) is 13.0. The number of thioether (sulfide) groups is 2. The highest BCUT2D eigenvalue weighted by Gasteiger charge is 2.25. The zero-order chi connectivity index (χ0) is 47.6. The smallest absolute Gasteiger partial charge is 0.396 e. The minimum absolute atomic E-state index is 0.339. The van der Waals surface area contributed by atoms with Crippen molar-refractivity contribution in [2.24, 2.45) is 0 Å². The third kappa shape index (κ3) is 50.9. The van der Waals surface area contributed by atoms with Crippen molar-refractivity contribution < 1.29 is 28.3 Å². The summed E-state index contributed by atoms with van der Waals surface area (Å²) >= 11 is 4.50. The van der Waals surface area contributed by atoms with Gasteiger partial charge in [-0.1, -0.05) is 206 Å². The van der Waals surface area contributed by atoms with E-state index in [4.69, 9.17) is 19.3 Å². The van der Waals surface area contributed by atoms with Gasteiger partial charge in [-0.2, -0.15) is 23.5 Å². The molecule has 0 spiro atoms. The Morgan fingerprint density at radius 1 is 0.431 bits per heavy atom. The van der Waals surface area contributed by atoms with Gasteiger partial charge in [0.2, 0.25) is 0 Å². The molecule has 0 fully saturated rings. The Balaban J connectivity index is 4.45. The maximum atomic E-state index is 13.8. The highest BCUT2D eigenvalue weighted by molar-refractivity contribution is 8.00. The molecule has 0 saturated heterocycles. The molecule has 0 rings (SSSR count). The first kappa shape index (κ1) is 65.7. The molecule has 0 heterocycles. The van der Waals surface area contributed by atoms with Gasteiger partial charge in [-0.15, -0.1) is 0 Å². The molecule has 3 atom stereocenters. The van der Waals surface area contributed by atoms with Gasteiger partial charge < -0.3 is 14.7 Å². The summed E-state index contributed by atoms with van der Waals surface area (Å²) in [6.07, 6.45) is 51.5. The van der Waals surface area contributed by atoms with Crippen LogP contribution in [0.25, 0.3) is 0 Å². The lowest BCUT2D eigenvalue weighted by molar-refractivity contribution is -0.869. The lowest BCUT2D eigenvalue weighted by Crippen LogP contribution is -2.40. The van der Waals surface area contributed by atoms with Crippen LogP contribution in [0.4, 0.5) is 0 Å². The van der Waals surface area contributed by atoms with E-state index in [9.17, 15) is 4.57 Å². The van der Waals surface area contributed by atoms with Crippen LogP contribution in [0, 0.1) is 0 Å². The minimum Gasteiger partial charge on any atom is -0.396 e. The molecule has 0 aromatic rings. The molecule has 0 aliphatic heterocycles. The Bertz CT molecular complexity index is 959. The number of aliphatic hydroxyl groups is 2. The van der Waals surface area contributed by atoms with E-state index in [1.54, 1.807) is 0 Å². The monoisotopic (exact) mass is 980 g/mol. The first-order valence-electron chi connectivity index (χ1n) is 28.6. The van der Waals surface area contributed by atoms with Crippen molar-refractivity contribution in [3.63, 3.8) is 0 Å². The second-order valence-electron chi connectivity index (χ2n) is 20.7. The number of unbranched alkanes of at least 4 members (excludes halogenated alkanes) is 30. The summed E-state index contributed by atoms with van der Waals surface area (Å²) in [6, 6.07) is 0. The zero-order valence-electron chi connectivity index (χ0n) is 44.4.